The van der Waals surface area contributed by atoms with E-state index < -0.39 is 12.1 Å². The first-order chi connectivity index (χ1) is 37.0. The highest BCUT2D eigenvalue weighted by Gasteiger charge is 2.20. The Labute approximate surface area is 469 Å². The van der Waals surface area contributed by atoms with Crippen molar-refractivity contribution >= 4 is 11.9 Å². The Balaban J connectivity index is 3.46. The molecule has 444 valence electrons. The monoisotopic (exact) mass is 1060 g/mol. The number of aliphatic hydroxyl groups excluding tert-OH is 2. The fraction of sp³-hybridized carbons (Fsp3) is 0.913. The lowest BCUT2D eigenvalue weighted by Gasteiger charge is -2.22. The van der Waals surface area contributed by atoms with Crippen molar-refractivity contribution in [1.29, 1.82) is 0 Å². The van der Waals surface area contributed by atoms with E-state index in [1.165, 1.54) is 263 Å². The largest absolute Gasteiger partial charge is 0.466 e. The minimum absolute atomic E-state index is 0.00961. The van der Waals surface area contributed by atoms with E-state index >= 15 is 0 Å². The fourth-order valence-electron chi connectivity index (χ4n) is 10.8. The number of hydrogen-bond acceptors (Lipinski definition) is 5. The minimum atomic E-state index is -0.676. The number of rotatable bonds is 64. The van der Waals surface area contributed by atoms with Crippen LogP contribution in [0.3, 0.4) is 0 Å². The summed E-state index contributed by atoms with van der Waals surface area (Å²) in [4.78, 5) is 24.6. The highest BCUT2D eigenvalue weighted by Crippen LogP contribution is 2.19. The molecule has 0 saturated heterocycles. The van der Waals surface area contributed by atoms with E-state index in [2.05, 4.69) is 43.5 Å². The van der Waals surface area contributed by atoms with Gasteiger partial charge in [-0.05, 0) is 64.2 Å². The summed E-state index contributed by atoms with van der Waals surface area (Å²) >= 11 is 0. The molecule has 0 radical (unpaired) electrons. The van der Waals surface area contributed by atoms with Crippen LogP contribution in [0.15, 0.2) is 24.3 Å². The van der Waals surface area contributed by atoms with Crippen LogP contribution in [-0.4, -0.2) is 47.4 Å². The molecule has 6 heteroatoms. The van der Waals surface area contributed by atoms with E-state index in [4.69, 9.17) is 4.74 Å². The first-order valence-electron chi connectivity index (χ1n) is 34.1. The van der Waals surface area contributed by atoms with Gasteiger partial charge in [0.2, 0.25) is 5.91 Å². The van der Waals surface area contributed by atoms with E-state index in [-0.39, 0.29) is 18.5 Å². The van der Waals surface area contributed by atoms with Gasteiger partial charge in [0.25, 0.3) is 0 Å². The number of carbonyl (C=O) groups is 2. The first kappa shape index (κ1) is 73.3. The van der Waals surface area contributed by atoms with Gasteiger partial charge >= 0.3 is 5.97 Å². The number of aliphatic hydroxyl groups is 2. The van der Waals surface area contributed by atoms with Gasteiger partial charge in [-0.3, -0.25) is 9.59 Å². The van der Waals surface area contributed by atoms with Crippen molar-refractivity contribution in [3.05, 3.63) is 24.3 Å². The number of esters is 1. The summed E-state index contributed by atoms with van der Waals surface area (Å²) in [7, 11) is 0. The van der Waals surface area contributed by atoms with Gasteiger partial charge in [-0.2, -0.15) is 0 Å². The third-order valence-electron chi connectivity index (χ3n) is 16.0. The van der Waals surface area contributed by atoms with E-state index in [1.54, 1.807) is 0 Å². The number of carbonyl (C=O) groups excluding carboxylic acids is 2. The van der Waals surface area contributed by atoms with E-state index in [0.717, 1.165) is 83.5 Å². The molecule has 0 rings (SSSR count). The van der Waals surface area contributed by atoms with Crippen molar-refractivity contribution in [2.75, 3.05) is 13.2 Å². The highest BCUT2D eigenvalue weighted by atomic mass is 16.5. The SMILES string of the molecule is CCCCCCCCCCCCCCCCCCCCCCCCC(O)C(CO)NC(=O)CCCCCCCCC/C=C\C/C=C\CCCCCOC(=O)CCCCCCCCCCCCCCCCCCCCC. The maximum atomic E-state index is 12.5. The van der Waals surface area contributed by atoms with E-state index in [1.807, 2.05) is 0 Å². The van der Waals surface area contributed by atoms with E-state index in [9.17, 15) is 19.8 Å². The molecule has 0 saturated carbocycles. The van der Waals surface area contributed by atoms with Crippen LogP contribution >= 0.6 is 0 Å². The third-order valence-corrected chi connectivity index (χ3v) is 16.0. The fourth-order valence-corrected chi connectivity index (χ4v) is 10.8. The third kappa shape index (κ3) is 61.4. The predicted molar refractivity (Wildman–Crippen MR) is 329 cm³/mol. The van der Waals surface area contributed by atoms with Gasteiger partial charge in [-0.25, -0.2) is 0 Å². The number of allylic oxidation sites excluding steroid dienone is 4. The van der Waals surface area contributed by atoms with Crippen LogP contribution in [0, 0.1) is 0 Å². The second-order valence-corrected chi connectivity index (χ2v) is 23.5. The van der Waals surface area contributed by atoms with Gasteiger partial charge in [0.1, 0.15) is 0 Å². The van der Waals surface area contributed by atoms with Crippen molar-refractivity contribution in [2.45, 2.75) is 392 Å². The molecule has 0 aromatic carbocycles. The smallest absolute Gasteiger partial charge is 0.305 e. The number of nitrogens with one attached hydrogen (secondary N) is 1. The summed E-state index contributed by atoms with van der Waals surface area (Å²) in [6.45, 7) is 4.95. The van der Waals surface area contributed by atoms with Crippen LogP contribution in [0.4, 0.5) is 0 Å². The topological polar surface area (TPSA) is 95.9 Å². The summed E-state index contributed by atoms with van der Waals surface area (Å²) in [5, 5.41) is 23.4. The van der Waals surface area contributed by atoms with Crippen LogP contribution in [0.5, 0.6) is 0 Å². The molecule has 0 aliphatic rings. The Morgan fingerprint density at radius 2 is 0.667 bits per heavy atom. The van der Waals surface area contributed by atoms with Crippen molar-refractivity contribution in [3.8, 4) is 0 Å². The standard InChI is InChI=1S/C69H133NO5/c1-3-5-7-9-11-13-15-17-19-21-23-24-25-27-29-33-37-41-45-49-53-57-61-67(72)66(65-71)70-68(73)62-58-54-50-46-42-38-34-30-28-32-36-40-44-48-52-56-60-64-75-69(74)63-59-55-51-47-43-39-35-31-26-22-20-18-16-14-12-10-8-6-4-2/h28,32,40,44,66-67,71-72H,3-27,29-31,33-39,41-43,45-65H2,1-2H3,(H,70,73)/b32-28-,44-40-. The lowest BCUT2D eigenvalue weighted by Crippen LogP contribution is -2.45. The summed E-state index contributed by atoms with van der Waals surface area (Å²) in [6, 6.07) is -0.555. The molecule has 3 N–H and O–H groups in total. The lowest BCUT2D eigenvalue weighted by molar-refractivity contribution is -0.143. The maximum Gasteiger partial charge on any atom is 0.305 e. The van der Waals surface area contributed by atoms with Gasteiger partial charge in [0, 0.05) is 12.8 Å². The zero-order valence-corrected chi connectivity index (χ0v) is 50.8. The maximum absolute atomic E-state index is 12.5. The Bertz CT molecular complexity index is 1170. The van der Waals surface area contributed by atoms with Gasteiger partial charge in [-0.1, -0.05) is 327 Å². The Morgan fingerprint density at radius 1 is 0.373 bits per heavy atom. The van der Waals surface area contributed by atoms with Gasteiger partial charge in [0.05, 0.1) is 25.4 Å². The highest BCUT2D eigenvalue weighted by molar-refractivity contribution is 5.76. The zero-order chi connectivity index (χ0) is 54.3. The molecule has 0 heterocycles. The zero-order valence-electron chi connectivity index (χ0n) is 50.8. The minimum Gasteiger partial charge on any atom is -0.466 e. The van der Waals surface area contributed by atoms with Gasteiger partial charge in [-0.15, -0.1) is 0 Å². The molecule has 0 aromatic heterocycles. The lowest BCUT2D eigenvalue weighted by atomic mass is 10.0. The summed E-state index contributed by atoms with van der Waals surface area (Å²) in [5.74, 6) is -0.0565. The average molecular weight is 1060 g/mol. The number of ether oxygens (including phenoxy) is 1. The van der Waals surface area contributed by atoms with Crippen LogP contribution in [0.2, 0.25) is 0 Å². The predicted octanol–water partition coefficient (Wildman–Crippen LogP) is 21.8. The molecule has 0 aliphatic carbocycles. The first-order valence-corrected chi connectivity index (χ1v) is 34.1. The van der Waals surface area contributed by atoms with Crippen molar-refractivity contribution in [1.82, 2.24) is 5.32 Å². The van der Waals surface area contributed by atoms with Crippen LogP contribution in [-0.2, 0) is 14.3 Å². The molecule has 2 atom stereocenters. The normalized spacial score (nSPS) is 12.6. The molecular formula is C69H133NO5. The molecule has 1 amide bonds. The van der Waals surface area contributed by atoms with Crippen molar-refractivity contribution < 1.29 is 24.5 Å². The number of hydrogen-bond donors (Lipinski definition) is 3. The van der Waals surface area contributed by atoms with E-state index in [0.29, 0.717) is 25.9 Å². The molecule has 0 bridgehead atoms. The molecule has 2 unspecified atom stereocenters. The van der Waals surface area contributed by atoms with Gasteiger partial charge in [0.15, 0.2) is 0 Å². The molecule has 0 aromatic rings. The second kappa shape index (κ2) is 64.9. The molecular weight excluding hydrogens is 923 g/mol. The molecule has 0 fully saturated rings. The molecule has 0 aliphatic heterocycles. The summed E-state index contributed by atoms with van der Waals surface area (Å²) in [6.07, 6.45) is 80.7. The Kier molecular flexibility index (Phi) is 63.4. The van der Waals surface area contributed by atoms with Crippen molar-refractivity contribution in [2.24, 2.45) is 0 Å². The number of unbranched alkanes of at least 4 members (excludes halogenated alkanes) is 49. The average Bonchev–Trinajstić information content (AvgIpc) is 3.41. The second-order valence-electron chi connectivity index (χ2n) is 23.5. The molecule has 6 nitrogen and oxygen atoms in total. The van der Waals surface area contributed by atoms with Crippen molar-refractivity contribution in [3.63, 3.8) is 0 Å². The van der Waals surface area contributed by atoms with Gasteiger partial charge < -0.3 is 20.3 Å². The number of amides is 1. The Morgan fingerprint density at radius 3 is 1.01 bits per heavy atom. The van der Waals surface area contributed by atoms with Crippen LogP contribution < -0.4 is 5.32 Å². The van der Waals surface area contributed by atoms with Crippen LogP contribution in [0.25, 0.3) is 0 Å². The molecule has 0 spiro atoms. The van der Waals surface area contributed by atoms with Crippen LogP contribution in [0.1, 0.15) is 380 Å². The molecule has 75 heavy (non-hydrogen) atoms. The summed E-state index contributed by atoms with van der Waals surface area (Å²) in [5.41, 5.74) is 0. The quantitative estimate of drug-likeness (QED) is 0.0320. The Hall–Kier alpha value is -1.66. The summed E-state index contributed by atoms with van der Waals surface area (Å²) < 4.78 is 5.48.